The van der Waals surface area contributed by atoms with Gasteiger partial charge in [0.05, 0.1) is 12.2 Å². The monoisotopic (exact) mass is 571 g/mol. The third-order valence-electron chi connectivity index (χ3n) is 5.37. The highest BCUT2D eigenvalue weighted by Gasteiger charge is 2.31. The zero-order chi connectivity index (χ0) is 27.4. The number of rotatable bonds is 8. The average Bonchev–Trinajstić information content (AvgIpc) is 3.61. The summed E-state index contributed by atoms with van der Waals surface area (Å²) < 4.78 is 41.4. The number of hydrogen-bond acceptors (Lipinski definition) is 8. The fourth-order valence-electron chi connectivity index (χ4n) is 3.57. The van der Waals surface area contributed by atoms with Gasteiger partial charge in [0.25, 0.3) is 11.9 Å². The van der Waals surface area contributed by atoms with Crippen LogP contribution in [0.1, 0.15) is 15.9 Å². The van der Waals surface area contributed by atoms with Crippen LogP contribution in [0.5, 0.6) is 5.75 Å². The molecule has 0 atom stereocenters. The molecular formula is C25H17ClF3N7O2S. The number of thiazole rings is 1. The van der Waals surface area contributed by atoms with Gasteiger partial charge in [0, 0.05) is 27.2 Å². The highest BCUT2D eigenvalue weighted by Crippen LogP contribution is 2.35. The van der Waals surface area contributed by atoms with Crippen molar-refractivity contribution < 1.29 is 22.7 Å². The van der Waals surface area contributed by atoms with E-state index in [0.717, 1.165) is 11.3 Å². The Kier molecular flexibility index (Phi) is 7.43. The number of ether oxygens (including phenoxy) is 1. The van der Waals surface area contributed by atoms with E-state index in [1.165, 1.54) is 35.6 Å². The van der Waals surface area contributed by atoms with Crippen LogP contribution in [0, 0.1) is 0 Å². The molecule has 0 radical (unpaired) electrons. The Morgan fingerprint density at radius 2 is 1.74 bits per heavy atom. The number of tetrazole rings is 1. The van der Waals surface area contributed by atoms with Gasteiger partial charge < -0.3 is 9.64 Å². The molecule has 3 aromatic carbocycles. The summed E-state index contributed by atoms with van der Waals surface area (Å²) in [4.78, 5) is 19.1. The van der Waals surface area contributed by atoms with Crippen molar-refractivity contribution in [2.24, 2.45) is 0 Å². The van der Waals surface area contributed by atoms with Crippen LogP contribution in [0.4, 0.5) is 29.9 Å². The maximum atomic E-state index is 12.5. The number of H-pyrrole nitrogens is 1. The first kappa shape index (κ1) is 26.1. The largest absolute Gasteiger partial charge is 0.573 e. The quantitative estimate of drug-likeness (QED) is 0.220. The Morgan fingerprint density at radius 3 is 2.38 bits per heavy atom. The fraction of sp³-hybridized carbons (Fsp3) is 0.0800. The van der Waals surface area contributed by atoms with Crippen molar-refractivity contribution in [2.75, 3.05) is 10.2 Å². The maximum Gasteiger partial charge on any atom is 0.573 e. The van der Waals surface area contributed by atoms with Gasteiger partial charge in [0.1, 0.15) is 5.75 Å². The number of aromatic nitrogens is 5. The molecule has 5 aromatic rings. The van der Waals surface area contributed by atoms with Crippen LogP contribution in [0.3, 0.4) is 0 Å². The van der Waals surface area contributed by atoms with Gasteiger partial charge >= 0.3 is 6.36 Å². The molecule has 5 rings (SSSR count). The lowest BCUT2D eigenvalue weighted by Gasteiger charge is -2.22. The molecule has 2 N–H and O–H groups in total. The summed E-state index contributed by atoms with van der Waals surface area (Å²) in [5.41, 5.74) is 3.37. The van der Waals surface area contributed by atoms with Crippen LogP contribution < -0.4 is 15.0 Å². The normalized spacial score (nSPS) is 11.3. The second-order valence-electron chi connectivity index (χ2n) is 8.04. The molecule has 39 heavy (non-hydrogen) atoms. The van der Waals surface area contributed by atoms with E-state index >= 15 is 0 Å². The molecule has 14 heteroatoms. The van der Waals surface area contributed by atoms with Crippen molar-refractivity contribution >= 4 is 45.6 Å². The molecule has 0 aliphatic carbocycles. The molecule has 0 aliphatic heterocycles. The minimum Gasteiger partial charge on any atom is -0.406 e. The van der Waals surface area contributed by atoms with Gasteiger partial charge in [0.15, 0.2) is 5.13 Å². The van der Waals surface area contributed by atoms with Crippen LogP contribution in [0.15, 0.2) is 78.2 Å². The molecule has 2 heterocycles. The lowest BCUT2D eigenvalue weighted by Crippen LogP contribution is -2.17. The predicted molar refractivity (Wildman–Crippen MR) is 140 cm³/mol. The van der Waals surface area contributed by atoms with Crippen molar-refractivity contribution in [2.45, 2.75) is 12.9 Å². The van der Waals surface area contributed by atoms with E-state index in [2.05, 4.69) is 30.7 Å². The van der Waals surface area contributed by atoms with Crippen LogP contribution in [-0.4, -0.2) is 37.9 Å². The first-order valence-electron chi connectivity index (χ1n) is 11.2. The highest BCUT2D eigenvalue weighted by molar-refractivity contribution is 7.14. The second kappa shape index (κ2) is 11.1. The molecule has 0 bridgehead atoms. The van der Waals surface area contributed by atoms with Gasteiger partial charge in [-0.05, 0) is 71.4 Å². The van der Waals surface area contributed by atoms with Crippen LogP contribution in [0.2, 0.25) is 5.02 Å². The molecule has 0 aliphatic rings. The maximum absolute atomic E-state index is 12.5. The molecule has 0 fully saturated rings. The predicted octanol–water partition coefficient (Wildman–Crippen LogP) is 6.47. The Balaban J connectivity index is 1.37. The molecule has 0 saturated carbocycles. The number of anilines is 3. The minimum absolute atomic E-state index is 0.0695. The lowest BCUT2D eigenvalue weighted by atomic mass is 10.1. The van der Waals surface area contributed by atoms with Crippen molar-refractivity contribution in [3.63, 3.8) is 0 Å². The SMILES string of the molecule is O=C(Nc1nn[nH]n1)c1ccc(CN(c2ccc(Cl)cc2)c2nc(-c3ccc(OC(F)(F)F)cc3)cs2)cc1. The molecule has 198 valence electrons. The Bertz CT molecular complexity index is 1540. The zero-order valence-corrected chi connectivity index (χ0v) is 21.3. The van der Waals surface area contributed by atoms with Crippen LogP contribution in [0.25, 0.3) is 11.3 Å². The van der Waals surface area contributed by atoms with Gasteiger partial charge in [-0.15, -0.1) is 29.6 Å². The van der Waals surface area contributed by atoms with E-state index in [9.17, 15) is 18.0 Å². The smallest absolute Gasteiger partial charge is 0.406 e. The van der Waals surface area contributed by atoms with Crippen molar-refractivity contribution in [1.29, 1.82) is 0 Å². The van der Waals surface area contributed by atoms with Gasteiger partial charge in [-0.3, -0.25) is 10.1 Å². The van der Waals surface area contributed by atoms with E-state index in [-0.39, 0.29) is 17.6 Å². The number of carbonyl (C=O) groups excluding carboxylic acids is 1. The number of hydrogen-bond donors (Lipinski definition) is 2. The number of aromatic amines is 1. The minimum atomic E-state index is -4.76. The summed E-state index contributed by atoms with van der Waals surface area (Å²) in [7, 11) is 0. The molecule has 9 nitrogen and oxygen atoms in total. The number of amides is 1. The van der Waals surface area contributed by atoms with Crippen LogP contribution >= 0.6 is 22.9 Å². The van der Waals surface area contributed by atoms with Gasteiger partial charge in [-0.1, -0.05) is 28.8 Å². The topological polar surface area (TPSA) is 109 Å². The molecule has 0 spiro atoms. The fourth-order valence-corrected chi connectivity index (χ4v) is 4.55. The lowest BCUT2D eigenvalue weighted by molar-refractivity contribution is -0.274. The zero-order valence-electron chi connectivity index (χ0n) is 19.7. The highest BCUT2D eigenvalue weighted by atomic mass is 35.5. The first-order valence-corrected chi connectivity index (χ1v) is 12.5. The first-order chi connectivity index (χ1) is 18.7. The van der Waals surface area contributed by atoms with E-state index in [1.807, 2.05) is 34.5 Å². The number of halogens is 4. The van der Waals surface area contributed by atoms with E-state index in [4.69, 9.17) is 16.6 Å². The van der Waals surface area contributed by atoms with Crippen molar-refractivity contribution in [3.05, 3.63) is 94.3 Å². The Labute approximate surface area is 228 Å². The molecule has 0 unspecified atom stereocenters. The average molecular weight is 572 g/mol. The summed E-state index contributed by atoms with van der Waals surface area (Å²) in [6, 6.07) is 19.8. The Hall–Kier alpha value is -4.49. The van der Waals surface area contributed by atoms with E-state index in [1.54, 1.807) is 24.3 Å². The Morgan fingerprint density at radius 1 is 1.03 bits per heavy atom. The van der Waals surface area contributed by atoms with Gasteiger partial charge in [0.2, 0.25) is 0 Å². The number of nitrogens with one attached hydrogen (secondary N) is 2. The molecule has 2 aromatic heterocycles. The van der Waals surface area contributed by atoms with E-state index < -0.39 is 6.36 Å². The van der Waals surface area contributed by atoms with Crippen molar-refractivity contribution in [1.82, 2.24) is 25.6 Å². The number of carbonyl (C=O) groups is 1. The second-order valence-corrected chi connectivity index (χ2v) is 9.31. The van der Waals surface area contributed by atoms with Gasteiger partial charge in [-0.25, -0.2) is 4.98 Å². The van der Waals surface area contributed by atoms with Crippen molar-refractivity contribution in [3.8, 4) is 17.0 Å². The molecule has 1 amide bonds. The summed E-state index contributed by atoms with van der Waals surface area (Å²) in [5, 5.41) is 18.7. The summed E-state index contributed by atoms with van der Waals surface area (Å²) in [6.45, 7) is 0.416. The summed E-state index contributed by atoms with van der Waals surface area (Å²) in [5.74, 6) is -0.618. The molecular weight excluding hydrogens is 555 g/mol. The van der Waals surface area contributed by atoms with Gasteiger partial charge in [-0.2, -0.15) is 5.21 Å². The van der Waals surface area contributed by atoms with Crippen LogP contribution in [-0.2, 0) is 6.54 Å². The molecule has 0 saturated heterocycles. The third kappa shape index (κ3) is 6.69. The number of benzene rings is 3. The number of alkyl halides is 3. The summed E-state index contributed by atoms with van der Waals surface area (Å²) >= 11 is 7.47. The summed E-state index contributed by atoms with van der Waals surface area (Å²) in [6.07, 6.45) is -4.76. The van der Waals surface area contributed by atoms with E-state index in [0.29, 0.717) is 33.5 Å². The standard InChI is InChI=1S/C25H17ClF3N7O2S/c26-18-7-9-19(10-8-18)36(13-15-1-3-17(4-2-15)22(37)31-23-32-34-35-33-23)24-30-21(14-39-24)16-5-11-20(12-6-16)38-25(27,28)29/h1-12,14H,13H2,(H2,31,32,33,34,35,37). The number of nitrogens with zero attached hydrogens (tertiary/aromatic N) is 5. The third-order valence-corrected chi connectivity index (χ3v) is 6.49.